The number of benzene rings is 2. The Labute approximate surface area is 151 Å². The molecule has 0 saturated heterocycles. The second-order valence-electron chi connectivity index (χ2n) is 7.27. The highest BCUT2D eigenvalue weighted by atomic mass is 32.1. The zero-order valence-corrected chi connectivity index (χ0v) is 15.3. The lowest BCUT2D eigenvalue weighted by atomic mass is 9.82. The van der Waals surface area contributed by atoms with Gasteiger partial charge >= 0.3 is 0 Å². The molecule has 0 saturated carbocycles. The molecule has 2 nitrogen and oxygen atoms in total. The molecule has 0 N–H and O–H groups in total. The van der Waals surface area contributed by atoms with Crippen molar-refractivity contribution in [1.29, 1.82) is 0 Å². The molecule has 0 unspecified atom stereocenters. The molecule has 0 amide bonds. The lowest BCUT2D eigenvalue weighted by Crippen LogP contribution is -2.12. The van der Waals surface area contributed by atoms with Crippen LogP contribution in [0.25, 0.3) is 37.0 Å². The van der Waals surface area contributed by atoms with Crippen LogP contribution in [-0.4, -0.2) is 4.98 Å². The third-order valence-corrected chi connectivity index (χ3v) is 5.53. The molecular formula is C22H18N2S. The molecule has 2 aromatic carbocycles. The molecule has 0 spiro atoms. The SMILES string of the molecule is [C-]#[N+]c1cc2ccnc(-c3cc(C(C)(C)C)c4ccccc4c3)c2s1. The number of pyridine rings is 1. The molecule has 0 bridgehead atoms. The molecule has 25 heavy (non-hydrogen) atoms. The predicted molar refractivity (Wildman–Crippen MR) is 108 cm³/mol. The average Bonchev–Trinajstić information content (AvgIpc) is 3.03. The molecule has 0 fully saturated rings. The van der Waals surface area contributed by atoms with Crippen molar-refractivity contribution in [3.63, 3.8) is 0 Å². The van der Waals surface area contributed by atoms with Crippen LogP contribution in [-0.2, 0) is 5.41 Å². The van der Waals surface area contributed by atoms with Gasteiger partial charge in [-0.05, 0) is 51.4 Å². The molecule has 0 aliphatic carbocycles. The van der Waals surface area contributed by atoms with E-state index in [0.717, 1.165) is 21.3 Å². The van der Waals surface area contributed by atoms with E-state index < -0.39 is 0 Å². The molecule has 2 heterocycles. The maximum atomic E-state index is 7.29. The monoisotopic (exact) mass is 342 g/mol. The fourth-order valence-corrected chi connectivity index (χ4v) is 4.23. The first-order valence-corrected chi connectivity index (χ1v) is 9.09. The highest BCUT2D eigenvalue weighted by Gasteiger charge is 2.19. The van der Waals surface area contributed by atoms with Crippen molar-refractivity contribution in [2.75, 3.05) is 0 Å². The molecule has 0 aliphatic heterocycles. The van der Waals surface area contributed by atoms with Crippen LogP contribution in [0, 0.1) is 6.57 Å². The van der Waals surface area contributed by atoms with Gasteiger partial charge in [0.15, 0.2) is 0 Å². The van der Waals surface area contributed by atoms with Crippen LogP contribution >= 0.6 is 11.3 Å². The number of aromatic nitrogens is 1. The van der Waals surface area contributed by atoms with Crippen LogP contribution in [0.15, 0.2) is 54.7 Å². The van der Waals surface area contributed by atoms with Crippen molar-refractivity contribution in [3.05, 3.63) is 71.7 Å². The summed E-state index contributed by atoms with van der Waals surface area (Å²) in [6.07, 6.45) is 1.84. The smallest absolute Gasteiger partial charge is 0.242 e. The van der Waals surface area contributed by atoms with Gasteiger partial charge in [0.2, 0.25) is 5.00 Å². The van der Waals surface area contributed by atoms with Crippen molar-refractivity contribution < 1.29 is 0 Å². The van der Waals surface area contributed by atoms with Gasteiger partial charge in [-0.1, -0.05) is 45.0 Å². The summed E-state index contributed by atoms with van der Waals surface area (Å²) in [6, 6.07) is 16.9. The Morgan fingerprint density at radius 3 is 2.56 bits per heavy atom. The summed E-state index contributed by atoms with van der Waals surface area (Å²) >= 11 is 1.52. The molecule has 0 aliphatic rings. The average molecular weight is 342 g/mol. The maximum Gasteiger partial charge on any atom is 0.242 e. The molecule has 0 atom stereocenters. The normalized spacial score (nSPS) is 11.8. The largest absolute Gasteiger partial charge is 0.255 e. The standard InChI is InChI=1S/C22H18N2S/c1-22(2,3)18-12-16(11-14-7-5-6-8-17(14)18)20-21-15(9-10-24-20)13-19(23-4)25-21/h5-13H,1-3H3. The topological polar surface area (TPSA) is 17.2 Å². The van der Waals surface area contributed by atoms with E-state index in [1.165, 1.54) is 27.7 Å². The Morgan fingerprint density at radius 1 is 1.00 bits per heavy atom. The van der Waals surface area contributed by atoms with Crippen LogP contribution in [0.3, 0.4) is 0 Å². The predicted octanol–water partition coefficient (Wildman–Crippen LogP) is 6.96. The van der Waals surface area contributed by atoms with Crippen LogP contribution in [0.1, 0.15) is 26.3 Å². The van der Waals surface area contributed by atoms with E-state index in [9.17, 15) is 0 Å². The first kappa shape index (κ1) is 15.8. The number of nitrogens with zero attached hydrogens (tertiary/aromatic N) is 2. The van der Waals surface area contributed by atoms with Gasteiger partial charge in [-0.3, -0.25) is 4.98 Å². The Morgan fingerprint density at radius 2 is 1.80 bits per heavy atom. The zero-order chi connectivity index (χ0) is 17.6. The van der Waals surface area contributed by atoms with Crippen molar-refractivity contribution in [3.8, 4) is 11.3 Å². The number of hydrogen-bond donors (Lipinski definition) is 0. The summed E-state index contributed by atoms with van der Waals surface area (Å²) in [7, 11) is 0. The molecule has 122 valence electrons. The fourth-order valence-electron chi connectivity index (χ4n) is 3.28. The van der Waals surface area contributed by atoms with Gasteiger partial charge in [-0.2, -0.15) is 11.3 Å². The summed E-state index contributed by atoms with van der Waals surface area (Å²) < 4.78 is 1.09. The van der Waals surface area contributed by atoms with E-state index in [4.69, 9.17) is 6.57 Å². The Bertz CT molecular complexity index is 1140. The molecule has 4 rings (SSSR count). The lowest BCUT2D eigenvalue weighted by molar-refractivity contribution is 0.596. The van der Waals surface area contributed by atoms with E-state index in [-0.39, 0.29) is 5.41 Å². The zero-order valence-electron chi connectivity index (χ0n) is 14.5. The van der Waals surface area contributed by atoms with Gasteiger partial charge in [-0.15, -0.1) is 0 Å². The first-order valence-electron chi connectivity index (χ1n) is 8.27. The minimum atomic E-state index is 0.0423. The Balaban J connectivity index is 2.06. The Kier molecular flexibility index (Phi) is 3.59. The Hall–Kier alpha value is -2.70. The van der Waals surface area contributed by atoms with E-state index >= 15 is 0 Å². The van der Waals surface area contributed by atoms with Gasteiger partial charge in [0.05, 0.1) is 12.3 Å². The van der Waals surface area contributed by atoms with E-state index in [1.54, 1.807) is 0 Å². The summed E-state index contributed by atoms with van der Waals surface area (Å²) in [6.45, 7) is 14.0. The molecule has 3 heteroatoms. The molecule has 0 radical (unpaired) electrons. The summed E-state index contributed by atoms with van der Waals surface area (Å²) in [5.74, 6) is 0. The quantitative estimate of drug-likeness (QED) is 0.342. The van der Waals surface area contributed by atoms with Crippen LogP contribution in [0.4, 0.5) is 5.00 Å². The van der Waals surface area contributed by atoms with E-state index in [1.807, 2.05) is 18.3 Å². The van der Waals surface area contributed by atoms with Gasteiger partial charge in [0.1, 0.15) is 0 Å². The van der Waals surface area contributed by atoms with Gasteiger partial charge in [0, 0.05) is 16.5 Å². The molecular weight excluding hydrogens is 324 g/mol. The van der Waals surface area contributed by atoms with E-state index in [2.05, 4.69) is 67.0 Å². The fraction of sp³-hybridized carbons (Fsp3) is 0.182. The second kappa shape index (κ2) is 5.68. The van der Waals surface area contributed by atoms with Crippen LogP contribution in [0.2, 0.25) is 0 Å². The van der Waals surface area contributed by atoms with Crippen LogP contribution < -0.4 is 0 Å². The lowest BCUT2D eigenvalue weighted by Gasteiger charge is -2.22. The highest BCUT2D eigenvalue weighted by Crippen LogP contribution is 2.40. The van der Waals surface area contributed by atoms with Gasteiger partial charge in [0.25, 0.3) is 0 Å². The number of fused-ring (bicyclic) bond motifs is 2. The van der Waals surface area contributed by atoms with Gasteiger partial charge < -0.3 is 0 Å². The second-order valence-corrected chi connectivity index (χ2v) is 8.30. The third kappa shape index (κ3) is 2.69. The summed E-state index contributed by atoms with van der Waals surface area (Å²) in [5.41, 5.74) is 3.45. The number of thiophene rings is 1. The number of rotatable bonds is 1. The molecule has 4 aromatic rings. The minimum absolute atomic E-state index is 0.0423. The summed E-state index contributed by atoms with van der Waals surface area (Å²) in [4.78, 5) is 8.25. The van der Waals surface area contributed by atoms with Crippen LogP contribution in [0.5, 0.6) is 0 Å². The minimum Gasteiger partial charge on any atom is -0.255 e. The third-order valence-electron chi connectivity index (χ3n) is 4.47. The van der Waals surface area contributed by atoms with Crippen molar-refractivity contribution in [2.24, 2.45) is 0 Å². The van der Waals surface area contributed by atoms with Crippen molar-refractivity contribution in [2.45, 2.75) is 26.2 Å². The first-order chi connectivity index (χ1) is 12.0. The summed E-state index contributed by atoms with van der Waals surface area (Å²) in [5, 5.41) is 4.32. The van der Waals surface area contributed by atoms with Crippen molar-refractivity contribution in [1.82, 2.24) is 4.98 Å². The van der Waals surface area contributed by atoms with Gasteiger partial charge in [-0.25, -0.2) is 4.85 Å². The number of hydrogen-bond acceptors (Lipinski definition) is 2. The van der Waals surface area contributed by atoms with E-state index in [0.29, 0.717) is 5.00 Å². The molecule has 2 aromatic heterocycles. The maximum absolute atomic E-state index is 7.29. The highest BCUT2D eigenvalue weighted by molar-refractivity contribution is 7.23. The van der Waals surface area contributed by atoms with Crippen molar-refractivity contribution >= 4 is 37.2 Å².